The van der Waals surface area contributed by atoms with E-state index in [9.17, 15) is 19.5 Å². The van der Waals surface area contributed by atoms with Crippen LogP contribution in [0, 0.1) is 13.8 Å². The van der Waals surface area contributed by atoms with E-state index in [-0.39, 0.29) is 47.6 Å². The highest BCUT2D eigenvalue weighted by Gasteiger charge is 2.46. The Morgan fingerprint density at radius 3 is 1.64 bits per heavy atom. The van der Waals surface area contributed by atoms with Crippen LogP contribution < -0.4 is 9.47 Å². The third-order valence-corrected chi connectivity index (χ3v) is 12.4. The van der Waals surface area contributed by atoms with Crippen LogP contribution in [0.3, 0.4) is 0 Å². The van der Waals surface area contributed by atoms with Crippen molar-refractivity contribution in [2.45, 2.75) is 148 Å². The second-order valence-corrected chi connectivity index (χ2v) is 18.0. The predicted molar refractivity (Wildman–Crippen MR) is 262 cm³/mol. The second-order valence-electron chi connectivity index (χ2n) is 18.0. The van der Waals surface area contributed by atoms with Crippen molar-refractivity contribution in [1.29, 1.82) is 0 Å². The third kappa shape index (κ3) is 13.7. The number of Topliss-reactive ketones (excluding diaryl/α,β-unsaturated/α-hetero) is 1. The van der Waals surface area contributed by atoms with Crippen molar-refractivity contribution in [1.82, 2.24) is 19.8 Å². The fourth-order valence-corrected chi connectivity index (χ4v) is 9.26. The summed E-state index contributed by atoms with van der Waals surface area (Å²) in [7, 11) is 2.25. The van der Waals surface area contributed by atoms with Crippen LogP contribution in [0.1, 0.15) is 151 Å². The summed E-state index contributed by atoms with van der Waals surface area (Å²) < 4.78 is 36.9. The van der Waals surface area contributed by atoms with E-state index in [4.69, 9.17) is 21.7 Å². The number of aryl methyl sites for hydroxylation is 2. The molecule has 2 aromatic carbocycles. The molecule has 0 saturated carbocycles. The summed E-state index contributed by atoms with van der Waals surface area (Å²) >= 11 is 0. The van der Waals surface area contributed by atoms with Crippen molar-refractivity contribution in [3.63, 3.8) is 0 Å². The zero-order chi connectivity index (χ0) is 49.4. The van der Waals surface area contributed by atoms with Crippen molar-refractivity contribution >= 4 is 26.8 Å². The molecule has 4 aliphatic rings. The number of piperidine rings is 2. The molecule has 2 amide bonds. The molecule has 8 rings (SSSR count). The van der Waals surface area contributed by atoms with Crippen LogP contribution in [0.15, 0.2) is 85.5 Å². The minimum absolute atomic E-state index is 0.0139. The number of ketones is 1. The maximum atomic E-state index is 13.1. The summed E-state index contributed by atoms with van der Waals surface area (Å²) in [5.41, 5.74) is 4.32. The van der Waals surface area contributed by atoms with E-state index in [2.05, 4.69) is 19.2 Å². The van der Waals surface area contributed by atoms with Crippen molar-refractivity contribution in [2.75, 3.05) is 32.8 Å². The summed E-state index contributed by atoms with van der Waals surface area (Å²) in [4.78, 5) is 50.8. The highest BCUT2D eigenvalue weighted by Crippen LogP contribution is 2.44. The topological polar surface area (TPSA) is 141 Å². The highest BCUT2D eigenvalue weighted by atomic mass is 31.0. The molecular formula is C53H73N4O8P. The Morgan fingerprint density at radius 2 is 1.21 bits per heavy atom. The van der Waals surface area contributed by atoms with E-state index in [1.807, 2.05) is 118 Å². The van der Waals surface area contributed by atoms with Gasteiger partial charge in [-0.3, -0.25) is 24.4 Å². The smallest absolute Gasteiger partial charge is 0.253 e. The number of aromatic nitrogens is 2. The standard InChI is InChI=1S/C25H32N2O4.C25H30N2O4.C2H6.CH5P/c2*1-17(2)30-22-7-6-19(13-18(22)3)24(29)27-11-8-25(9-12-27)15-21(28)14-23(31-25)20-5-4-10-26-16-20;2*1-2/h4-7,10,13,16-17,21,23,28H,8-9,11-12,14-15H2,1-3H3;4-7,10,13,16-17,23H,8-9,11-12,14-15H2,1-3H3;1-2H3;2H2,1H3/i;;2*1D. The normalized spacial score (nSPS) is 21.3. The van der Waals surface area contributed by atoms with Crippen molar-refractivity contribution in [2.24, 2.45) is 0 Å². The van der Waals surface area contributed by atoms with Gasteiger partial charge in [0.15, 0.2) is 0 Å². The molecular weight excluding hydrogens is 852 g/mol. The van der Waals surface area contributed by atoms with E-state index in [0.29, 0.717) is 89.4 Å². The number of hydrogen-bond donors (Lipinski definition) is 1. The van der Waals surface area contributed by atoms with E-state index in [1.165, 1.54) is 0 Å². The fraction of sp³-hybridized carbons (Fsp3) is 0.528. The molecule has 4 aromatic rings. The van der Waals surface area contributed by atoms with Gasteiger partial charge < -0.3 is 33.9 Å². The van der Waals surface area contributed by atoms with Gasteiger partial charge in [0.2, 0.25) is 0 Å². The van der Waals surface area contributed by atoms with E-state index in [0.717, 1.165) is 46.6 Å². The average Bonchev–Trinajstić information content (AvgIpc) is 3.31. The van der Waals surface area contributed by atoms with Gasteiger partial charge in [0.05, 0.1) is 41.7 Å². The molecule has 4 saturated heterocycles. The van der Waals surface area contributed by atoms with Crippen LogP contribution in [0.2, 0.25) is 0 Å². The lowest BCUT2D eigenvalue weighted by Gasteiger charge is -2.48. The van der Waals surface area contributed by atoms with Crippen LogP contribution in [-0.2, 0) is 14.3 Å². The number of hydrogen-bond acceptors (Lipinski definition) is 10. The van der Waals surface area contributed by atoms with Crippen molar-refractivity contribution in [3.8, 4) is 11.5 Å². The molecule has 1 N–H and O–H groups in total. The number of rotatable bonds is 8. The molecule has 0 radical (unpaired) electrons. The van der Waals surface area contributed by atoms with Crippen LogP contribution in [0.5, 0.6) is 11.5 Å². The van der Waals surface area contributed by atoms with E-state index < -0.39 is 11.7 Å². The van der Waals surface area contributed by atoms with Crippen LogP contribution in [0.25, 0.3) is 0 Å². The Labute approximate surface area is 398 Å². The molecule has 2 spiro atoms. The molecule has 12 nitrogen and oxygen atoms in total. The van der Waals surface area contributed by atoms with Gasteiger partial charge in [-0.1, -0.05) is 32.6 Å². The maximum absolute atomic E-state index is 13.1. The van der Waals surface area contributed by atoms with Gasteiger partial charge >= 0.3 is 0 Å². The lowest BCUT2D eigenvalue weighted by molar-refractivity contribution is -0.181. The maximum Gasteiger partial charge on any atom is 0.253 e. The first-order chi connectivity index (χ1) is 32.5. The summed E-state index contributed by atoms with van der Waals surface area (Å²) in [5.74, 6) is 1.89. The van der Waals surface area contributed by atoms with Gasteiger partial charge in [-0.15, -0.1) is 9.24 Å². The molecule has 358 valence electrons. The summed E-state index contributed by atoms with van der Waals surface area (Å²) in [5, 5.41) is 10.5. The van der Waals surface area contributed by atoms with Crippen LogP contribution in [0.4, 0.5) is 0 Å². The predicted octanol–water partition coefficient (Wildman–Crippen LogP) is 9.85. The number of ether oxygens (including phenoxy) is 4. The zero-order valence-electron chi connectivity index (χ0n) is 42.0. The highest BCUT2D eigenvalue weighted by molar-refractivity contribution is 7.15. The average molecular weight is 927 g/mol. The molecule has 4 fully saturated rings. The minimum Gasteiger partial charge on any atom is -0.491 e. The second kappa shape index (κ2) is 24.3. The number of amides is 2. The molecule has 0 aliphatic carbocycles. The molecule has 2 aromatic heterocycles. The van der Waals surface area contributed by atoms with Gasteiger partial charge in [-0.2, -0.15) is 0 Å². The molecule has 6 heterocycles. The first kappa shape index (κ1) is 49.2. The van der Waals surface area contributed by atoms with Crippen LogP contribution >= 0.6 is 9.24 Å². The van der Waals surface area contributed by atoms with E-state index in [1.54, 1.807) is 25.5 Å². The Hall–Kier alpha value is -4.74. The minimum atomic E-state index is -0.489. The monoisotopic (exact) mass is 927 g/mol. The number of carbonyl (C=O) groups excluding carboxylic acids is 3. The van der Waals surface area contributed by atoms with E-state index >= 15 is 0 Å². The van der Waals surface area contributed by atoms with Crippen LogP contribution in [-0.4, -0.2) is 105 Å². The molecule has 4 aliphatic heterocycles. The van der Waals surface area contributed by atoms with Gasteiger partial charge in [0.1, 0.15) is 17.3 Å². The zero-order valence-corrected chi connectivity index (χ0v) is 41.2. The SMILES string of the molecule is Cc1cc(C(=O)N2CCC3(CC2)CC(=O)CC(c2cccnc2)O3)ccc1OC(C)C.Cc1cc(C(=O)N2CCC3(CC2)CC(O)CC(c2cccnc2)O3)ccc1OC(C)C.[2H]CC.[2H]CP. The number of benzene rings is 2. The molecule has 66 heavy (non-hydrogen) atoms. The Bertz CT molecular complexity index is 2220. The largest absolute Gasteiger partial charge is 0.491 e. The summed E-state index contributed by atoms with van der Waals surface area (Å²) in [6, 6.07) is 18.9. The lowest BCUT2D eigenvalue weighted by atomic mass is 9.81. The Balaban J connectivity index is 0.000000228. The molecule has 4 unspecified atom stereocenters. The fourth-order valence-electron chi connectivity index (χ4n) is 9.26. The summed E-state index contributed by atoms with van der Waals surface area (Å²) in [6.45, 7) is 17.0. The number of likely N-dealkylation sites (tertiary alicyclic amines) is 2. The van der Waals surface area contributed by atoms with Crippen molar-refractivity contribution < 1.29 is 41.2 Å². The van der Waals surface area contributed by atoms with Gasteiger partial charge in [-0.05, 0) is 138 Å². The first-order valence-electron chi connectivity index (χ1n) is 24.7. The summed E-state index contributed by atoms with van der Waals surface area (Å²) in [6.07, 6.45) is 11.2. The molecule has 13 heteroatoms. The quantitative estimate of drug-likeness (QED) is 0.170. The third-order valence-electron chi connectivity index (χ3n) is 12.4. The molecule has 0 bridgehead atoms. The number of carbonyl (C=O) groups is 3. The molecule has 4 atom stereocenters. The number of nitrogens with zero attached hydrogens (tertiary/aromatic N) is 4. The lowest BCUT2D eigenvalue weighted by Crippen LogP contribution is -2.52. The van der Waals surface area contributed by atoms with Gasteiger partial charge in [-0.25, -0.2) is 0 Å². The van der Waals surface area contributed by atoms with Gasteiger partial charge in [0.25, 0.3) is 11.8 Å². The first-order valence-corrected chi connectivity index (χ1v) is 24.1. The number of aliphatic hydroxyl groups excluding tert-OH is 1. The Morgan fingerprint density at radius 1 is 0.773 bits per heavy atom. The van der Waals surface area contributed by atoms with Crippen molar-refractivity contribution in [3.05, 3.63) is 119 Å². The number of pyridine rings is 2. The number of aliphatic hydroxyl groups is 1. The van der Waals surface area contributed by atoms with Gasteiger partial charge in [0, 0.05) is 90.5 Å². The Kier molecular flexibility index (Phi) is 18.1.